The van der Waals surface area contributed by atoms with Gasteiger partial charge in [-0.2, -0.15) is 0 Å². The van der Waals surface area contributed by atoms with Crippen molar-refractivity contribution < 1.29 is 4.21 Å². The molecule has 0 amide bonds. The quantitative estimate of drug-likeness (QED) is 0.597. The molecule has 1 aromatic rings. The van der Waals surface area contributed by atoms with E-state index in [2.05, 4.69) is 9.97 Å². The van der Waals surface area contributed by atoms with Crippen LogP contribution < -0.4 is 0 Å². The number of nitrogens with zero attached hydrogens (tertiary/aromatic N) is 2. The molecule has 0 aromatic carbocycles. The summed E-state index contributed by atoms with van der Waals surface area (Å²) in [5, 5.41) is 0.260. The van der Waals surface area contributed by atoms with Gasteiger partial charge >= 0.3 is 0 Å². The van der Waals surface area contributed by atoms with Gasteiger partial charge in [0.2, 0.25) is 0 Å². The Bertz CT molecular complexity index is 266. The van der Waals surface area contributed by atoms with Crippen molar-refractivity contribution in [2.45, 2.75) is 4.90 Å². The van der Waals surface area contributed by atoms with Crippen LogP contribution in [-0.2, 0) is 10.8 Å². The van der Waals surface area contributed by atoms with Gasteiger partial charge in [-0.05, 0) is 0 Å². The Labute approximate surface area is 65.9 Å². The number of rotatable bonds is 1. The minimum Gasteiger partial charge on any atom is -0.254 e. The molecule has 5 heteroatoms. The van der Waals surface area contributed by atoms with E-state index < -0.39 is 10.8 Å². The van der Waals surface area contributed by atoms with Crippen molar-refractivity contribution in [3.05, 3.63) is 17.7 Å². The maximum absolute atomic E-state index is 10.8. The van der Waals surface area contributed by atoms with Crippen molar-refractivity contribution in [3.8, 4) is 0 Å². The van der Waals surface area contributed by atoms with Gasteiger partial charge in [-0.25, -0.2) is 9.97 Å². The van der Waals surface area contributed by atoms with Crippen molar-refractivity contribution >= 4 is 22.4 Å². The molecule has 1 aromatic heterocycles. The molecule has 0 radical (unpaired) electrons. The van der Waals surface area contributed by atoms with Gasteiger partial charge in [-0.1, -0.05) is 11.6 Å². The van der Waals surface area contributed by atoms with Crippen LogP contribution in [0.4, 0.5) is 0 Å². The Balaban J connectivity index is 3.15. The Morgan fingerprint density at radius 1 is 1.70 bits per heavy atom. The molecule has 10 heavy (non-hydrogen) atoms. The first kappa shape index (κ1) is 7.63. The van der Waals surface area contributed by atoms with Gasteiger partial charge in [0.25, 0.3) is 0 Å². The molecule has 0 aliphatic carbocycles. The van der Waals surface area contributed by atoms with Crippen molar-refractivity contribution in [2.24, 2.45) is 0 Å². The molecule has 0 bridgehead atoms. The van der Waals surface area contributed by atoms with Gasteiger partial charge < -0.3 is 0 Å². The maximum Gasteiger partial charge on any atom is 0.148 e. The highest BCUT2D eigenvalue weighted by atomic mass is 35.5. The molecule has 1 unspecified atom stereocenters. The van der Waals surface area contributed by atoms with Gasteiger partial charge in [0.1, 0.15) is 11.5 Å². The number of halogens is 1. The van der Waals surface area contributed by atoms with E-state index in [0.717, 1.165) is 0 Å². The Hall–Kier alpha value is -0.480. The van der Waals surface area contributed by atoms with E-state index in [1.165, 1.54) is 18.8 Å². The lowest BCUT2D eigenvalue weighted by Gasteiger charge is -1.94. The number of aromatic nitrogens is 2. The molecular formula is C5H5ClN2OS. The first-order valence-electron chi connectivity index (χ1n) is 2.50. The van der Waals surface area contributed by atoms with Crippen LogP contribution in [0.25, 0.3) is 0 Å². The van der Waals surface area contributed by atoms with E-state index in [4.69, 9.17) is 11.6 Å². The standard InChI is InChI=1S/C5H5ClN2OS/c1-10(9)4-2-7-3-8-5(4)6/h2-3H,1H3. The summed E-state index contributed by atoms with van der Waals surface area (Å²) >= 11 is 5.58. The van der Waals surface area contributed by atoms with E-state index >= 15 is 0 Å². The third-order valence-electron chi connectivity index (χ3n) is 0.943. The zero-order valence-corrected chi connectivity index (χ0v) is 6.82. The van der Waals surface area contributed by atoms with E-state index in [9.17, 15) is 4.21 Å². The summed E-state index contributed by atoms with van der Waals surface area (Å²) in [6, 6.07) is 0. The molecule has 1 rings (SSSR count). The summed E-state index contributed by atoms with van der Waals surface area (Å²) in [7, 11) is -1.10. The van der Waals surface area contributed by atoms with E-state index in [1.807, 2.05) is 0 Å². The van der Waals surface area contributed by atoms with Crippen LogP contribution in [0.15, 0.2) is 17.4 Å². The highest BCUT2D eigenvalue weighted by Gasteiger charge is 2.02. The fourth-order valence-corrected chi connectivity index (χ4v) is 1.41. The average molecular weight is 177 g/mol. The second kappa shape index (κ2) is 3.07. The summed E-state index contributed by atoms with van der Waals surface area (Å²) in [5.41, 5.74) is 0. The zero-order chi connectivity index (χ0) is 7.56. The molecule has 1 heterocycles. The van der Waals surface area contributed by atoms with Crippen LogP contribution in [0.5, 0.6) is 0 Å². The Morgan fingerprint density at radius 2 is 2.40 bits per heavy atom. The van der Waals surface area contributed by atoms with Crippen LogP contribution in [-0.4, -0.2) is 20.4 Å². The molecule has 3 nitrogen and oxygen atoms in total. The first-order valence-corrected chi connectivity index (χ1v) is 4.44. The summed E-state index contributed by atoms with van der Waals surface area (Å²) in [5.74, 6) is 0. The lowest BCUT2D eigenvalue weighted by atomic mass is 10.7. The summed E-state index contributed by atoms with van der Waals surface area (Å²) < 4.78 is 10.8. The lowest BCUT2D eigenvalue weighted by molar-refractivity contribution is 0.686. The van der Waals surface area contributed by atoms with Crippen LogP contribution in [0, 0.1) is 0 Å². The van der Waals surface area contributed by atoms with Crippen LogP contribution in [0.2, 0.25) is 5.15 Å². The summed E-state index contributed by atoms with van der Waals surface area (Å²) in [4.78, 5) is 7.82. The first-order chi connectivity index (χ1) is 4.72. The minimum absolute atomic E-state index is 0.260. The van der Waals surface area contributed by atoms with Crippen molar-refractivity contribution in [1.82, 2.24) is 9.97 Å². The SMILES string of the molecule is CS(=O)c1cncnc1Cl. The molecule has 0 saturated carbocycles. The lowest BCUT2D eigenvalue weighted by Crippen LogP contribution is -1.91. The third-order valence-corrected chi connectivity index (χ3v) is 2.27. The molecule has 0 aliphatic heterocycles. The number of hydrogen-bond acceptors (Lipinski definition) is 3. The van der Waals surface area contributed by atoms with Gasteiger partial charge in [0.05, 0.1) is 15.7 Å². The normalized spacial score (nSPS) is 13.0. The second-order valence-electron chi connectivity index (χ2n) is 1.63. The fourth-order valence-electron chi connectivity index (χ4n) is 0.495. The van der Waals surface area contributed by atoms with Gasteiger partial charge in [-0.3, -0.25) is 4.21 Å². The van der Waals surface area contributed by atoms with E-state index in [1.54, 1.807) is 0 Å². The molecule has 0 N–H and O–H groups in total. The number of hydrogen-bond donors (Lipinski definition) is 0. The predicted molar refractivity (Wildman–Crippen MR) is 39.4 cm³/mol. The van der Waals surface area contributed by atoms with Gasteiger partial charge in [0, 0.05) is 12.5 Å². The van der Waals surface area contributed by atoms with Gasteiger partial charge in [-0.15, -0.1) is 0 Å². The van der Waals surface area contributed by atoms with Crippen molar-refractivity contribution in [2.75, 3.05) is 6.26 Å². The topological polar surface area (TPSA) is 42.9 Å². The fraction of sp³-hybridized carbons (Fsp3) is 0.200. The molecule has 0 aliphatic rings. The third kappa shape index (κ3) is 1.52. The highest BCUT2D eigenvalue weighted by Crippen LogP contribution is 2.12. The zero-order valence-electron chi connectivity index (χ0n) is 5.24. The largest absolute Gasteiger partial charge is 0.254 e. The predicted octanol–water partition coefficient (Wildman–Crippen LogP) is 0.867. The second-order valence-corrected chi connectivity index (χ2v) is 3.34. The maximum atomic E-state index is 10.8. The monoisotopic (exact) mass is 176 g/mol. The molecule has 1 atom stereocenters. The van der Waals surface area contributed by atoms with E-state index in [-0.39, 0.29) is 5.15 Å². The van der Waals surface area contributed by atoms with Crippen LogP contribution in [0.1, 0.15) is 0 Å². The summed E-state index contributed by atoms with van der Waals surface area (Å²) in [6.07, 6.45) is 4.30. The van der Waals surface area contributed by atoms with Crippen molar-refractivity contribution in [1.29, 1.82) is 0 Å². The smallest absolute Gasteiger partial charge is 0.148 e. The molecule has 0 spiro atoms. The molecule has 0 saturated heterocycles. The summed E-state index contributed by atoms with van der Waals surface area (Å²) in [6.45, 7) is 0. The Kier molecular flexibility index (Phi) is 2.34. The van der Waals surface area contributed by atoms with Crippen LogP contribution in [0.3, 0.4) is 0 Å². The molecule has 54 valence electrons. The van der Waals surface area contributed by atoms with E-state index in [0.29, 0.717) is 4.90 Å². The minimum atomic E-state index is -1.10. The molecule has 0 fully saturated rings. The highest BCUT2D eigenvalue weighted by molar-refractivity contribution is 7.84. The molecular weight excluding hydrogens is 172 g/mol. The Morgan fingerprint density at radius 3 is 2.80 bits per heavy atom. The van der Waals surface area contributed by atoms with Gasteiger partial charge in [0.15, 0.2) is 0 Å². The van der Waals surface area contributed by atoms with Crippen molar-refractivity contribution in [3.63, 3.8) is 0 Å². The average Bonchev–Trinajstić information content (AvgIpc) is 1.88. The van der Waals surface area contributed by atoms with Crippen LogP contribution >= 0.6 is 11.6 Å².